The minimum absolute atomic E-state index is 0.0156. The molecular formula is C20H16N6O6. The van der Waals surface area contributed by atoms with E-state index in [0.29, 0.717) is 11.3 Å². The fourth-order valence-corrected chi connectivity index (χ4v) is 3.42. The molecular weight excluding hydrogens is 420 g/mol. The van der Waals surface area contributed by atoms with Crippen molar-refractivity contribution in [2.45, 2.75) is 6.04 Å². The Morgan fingerprint density at radius 1 is 1.16 bits per heavy atom. The van der Waals surface area contributed by atoms with E-state index in [4.69, 9.17) is 9.47 Å². The lowest BCUT2D eigenvalue weighted by Crippen LogP contribution is -2.33. The number of rotatable bonds is 6. The number of hydrogen-bond donors (Lipinski definition) is 1. The zero-order valence-electron chi connectivity index (χ0n) is 16.9. The fourth-order valence-electron chi connectivity index (χ4n) is 3.42. The Morgan fingerprint density at radius 2 is 1.94 bits per heavy atom. The van der Waals surface area contributed by atoms with E-state index in [1.165, 1.54) is 37.1 Å². The molecule has 0 spiro atoms. The second-order valence-corrected chi connectivity index (χ2v) is 6.67. The largest absolute Gasteiger partial charge is 0.497 e. The van der Waals surface area contributed by atoms with Crippen molar-refractivity contribution >= 4 is 23.4 Å². The van der Waals surface area contributed by atoms with Gasteiger partial charge in [-0.15, -0.1) is 0 Å². The van der Waals surface area contributed by atoms with Gasteiger partial charge in [-0.25, -0.2) is 4.79 Å². The Hall–Kier alpha value is -4.61. The van der Waals surface area contributed by atoms with Gasteiger partial charge in [-0.3, -0.25) is 14.9 Å². The van der Waals surface area contributed by atoms with Crippen LogP contribution in [0.3, 0.4) is 0 Å². The van der Waals surface area contributed by atoms with Crippen LogP contribution in [0.25, 0.3) is 0 Å². The van der Waals surface area contributed by atoms with Crippen molar-refractivity contribution in [1.29, 1.82) is 0 Å². The second-order valence-electron chi connectivity index (χ2n) is 6.67. The van der Waals surface area contributed by atoms with Gasteiger partial charge >= 0.3 is 5.97 Å². The number of aromatic nitrogens is 4. The van der Waals surface area contributed by atoms with Gasteiger partial charge in [0.05, 0.1) is 24.7 Å². The zero-order valence-corrected chi connectivity index (χ0v) is 16.9. The maximum Gasteiger partial charge on any atom is 0.355 e. The summed E-state index contributed by atoms with van der Waals surface area (Å²) in [4.78, 5) is 36.8. The highest BCUT2D eigenvalue weighted by atomic mass is 16.6. The minimum atomic E-state index is -0.933. The first kappa shape index (κ1) is 20.7. The molecule has 0 unspecified atom stereocenters. The molecule has 1 aliphatic rings. The molecule has 32 heavy (non-hydrogen) atoms. The Bertz CT molecular complexity index is 1270. The summed E-state index contributed by atoms with van der Waals surface area (Å²) in [5.41, 5.74) is 0.0989. The van der Waals surface area contributed by atoms with Gasteiger partial charge < -0.3 is 14.8 Å². The number of carbonyl (C=O) groups is 2. The molecule has 12 heteroatoms. The molecule has 1 atom stereocenters. The molecule has 12 nitrogen and oxygen atoms in total. The van der Waals surface area contributed by atoms with Crippen LogP contribution in [0, 0.1) is 10.1 Å². The van der Waals surface area contributed by atoms with E-state index in [0.717, 1.165) is 6.07 Å². The van der Waals surface area contributed by atoms with Gasteiger partial charge in [-0.05, 0) is 28.1 Å². The van der Waals surface area contributed by atoms with Gasteiger partial charge in [0.25, 0.3) is 5.69 Å². The molecule has 0 aliphatic carbocycles. The normalized spacial score (nSPS) is 14.9. The van der Waals surface area contributed by atoms with Crippen LogP contribution in [0.4, 0.5) is 11.6 Å². The van der Waals surface area contributed by atoms with Crippen molar-refractivity contribution in [1.82, 2.24) is 20.2 Å². The number of benzene rings is 2. The summed E-state index contributed by atoms with van der Waals surface area (Å²) in [6.07, 6.45) is 0. The Labute approximate surface area is 180 Å². The molecule has 1 N–H and O–H groups in total. The Balaban J connectivity index is 1.95. The number of tetrazole rings is 1. The predicted molar refractivity (Wildman–Crippen MR) is 109 cm³/mol. The molecule has 162 valence electrons. The van der Waals surface area contributed by atoms with Crippen LogP contribution in [0.15, 0.2) is 59.8 Å². The first-order valence-electron chi connectivity index (χ1n) is 9.25. The van der Waals surface area contributed by atoms with E-state index >= 15 is 0 Å². The van der Waals surface area contributed by atoms with Crippen molar-refractivity contribution in [3.05, 3.63) is 81.0 Å². The number of hydrogen-bond acceptors (Lipinski definition) is 10. The summed E-state index contributed by atoms with van der Waals surface area (Å²) in [5.74, 6) is -0.817. The molecule has 3 aromatic rings. The second kappa shape index (κ2) is 8.26. The fraction of sp³-hybridized carbons (Fsp3) is 0.150. The van der Waals surface area contributed by atoms with Crippen molar-refractivity contribution in [3.8, 4) is 5.75 Å². The number of nitrogens with one attached hydrogen (secondary N) is 1. The molecule has 4 rings (SSSR count). The van der Waals surface area contributed by atoms with Gasteiger partial charge in [-0.2, -0.15) is 4.68 Å². The van der Waals surface area contributed by atoms with Crippen molar-refractivity contribution < 1.29 is 24.0 Å². The number of nitrogens with zero attached hydrogens (tertiary/aromatic N) is 5. The minimum Gasteiger partial charge on any atom is -0.497 e. The highest BCUT2D eigenvalue weighted by Gasteiger charge is 2.39. The Kier molecular flexibility index (Phi) is 5.33. The number of ether oxygens (including phenoxy) is 2. The third-order valence-corrected chi connectivity index (χ3v) is 4.88. The zero-order chi connectivity index (χ0) is 22.8. The summed E-state index contributed by atoms with van der Waals surface area (Å²) in [7, 11) is 2.67. The molecule has 0 amide bonds. The van der Waals surface area contributed by atoms with E-state index in [1.807, 2.05) is 0 Å². The molecule has 0 saturated heterocycles. The van der Waals surface area contributed by atoms with Crippen molar-refractivity contribution in [3.63, 3.8) is 0 Å². The molecule has 0 radical (unpaired) electrons. The lowest BCUT2D eigenvalue weighted by Gasteiger charge is -2.28. The SMILES string of the molecule is COC(=O)C1=C(C(=O)c2cccc([N+](=O)[O-])c2)[C@@H](c2cccc(OC)c2)n2nnnc2N1. The quantitative estimate of drug-likeness (QED) is 0.262. The molecule has 0 saturated carbocycles. The van der Waals surface area contributed by atoms with Gasteiger partial charge in [-0.1, -0.05) is 29.4 Å². The molecule has 1 aliphatic heterocycles. The number of non-ortho nitro benzene ring substituents is 1. The van der Waals surface area contributed by atoms with E-state index in [2.05, 4.69) is 20.8 Å². The van der Waals surface area contributed by atoms with Crippen LogP contribution in [0.1, 0.15) is 22.0 Å². The van der Waals surface area contributed by atoms with Crippen LogP contribution in [-0.4, -0.2) is 51.1 Å². The summed E-state index contributed by atoms with van der Waals surface area (Å²) < 4.78 is 11.5. The average Bonchev–Trinajstić information content (AvgIpc) is 3.30. The number of esters is 1. The highest BCUT2D eigenvalue weighted by molar-refractivity contribution is 6.15. The summed E-state index contributed by atoms with van der Waals surface area (Å²) in [6.45, 7) is 0. The van der Waals surface area contributed by atoms with E-state index in [1.54, 1.807) is 24.3 Å². The first-order valence-corrected chi connectivity index (χ1v) is 9.25. The standard InChI is InChI=1S/C20H16N6O6/c1-31-14-8-4-5-11(10-14)17-15(18(27)12-6-3-7-13(9-12)26(29)30)16(19(28)32-2)21-20-22-23-24-25(17)20/h3-10,17H,1-2H3,(H,21,22,24)/t17-/m1/s1. The monoisotopic (exact) mass is 436 g/mol. The maximum absolute atomic E-state index is 13.6. The molecule has 1 aromatic heterocycles. The first-order chi connectivity index (χ1) is 15.4. The van der Waals surface area contributed by atoms with E-state index in [-0.39, 0.29) is 28.5 Å². The summed E-state index contributed by atoms with van der Waals surface area (Å²) >= 11 is 0. The smallest absolute Gasteiger partial charge is 0.355 e. The van der Waals surface area contributed by atoms with Gasteiger partial charge in [0.1, 0.15) is 17.5 Å². The number of allylic oxidation sites excluding steroid dienone is 1. The number of carbonyl (C=O) groups excluding carboxylic acids is 2. The number of nitro benzene ring substituents is 1. The van der Waals surface area contributed by atoms with Crippen molar-refractivity contribution in [2.24, 2.45) is 0 Å². The highest BCUT2D eigenvalue weighted by Crippen LogP contribution is 2.37. The summed E-state index contributed by atoms with van der Waals surface area (Å²) in [6, 6.07) is 11.1. The molecule has 0 bridgehead atoms. The molecule has 2 aromatic carbocycles. The number of nitro groups is 1. The lowest BCUT2D eigenvalue weighted by atomic mass is 9.89. The Morgan fingerprint density at radius 3 is 2.66 bits per heavy atom. The van der Waals surface area contributed by atoms with Crippen LogP contribution in [0.5, 0.6) is 5.75 Å². The number of fused-ring (bicyclic) bond motifs is 1. The number of anilines is 1. The van der Waals surface area contributed by atoms with E-state index in [9.17, 15) is 19.7 Å². The van der Waals surface area contributed by atoms with Crippen LogP contribution < -0.4 is 10.1 Å². The molecule has 0 fully saturated rings. The average molecular weight is 436 g/mol. The van der Waals surface area contributed by atoms with Crippen LogP contribution in [0.2, 0.25) is 0 Å². The van der Waals surface area contributed by atoms with Crippen LogP contribution >= 0.6 is 0 Å². The number of Topliss-reactive ketones (excluding diaryl/α,β-unsaturated/α-hetero) is 1. The third-order valence-electron chi connectivity index (χ3n) is 4.88. The topological polar surface area (TPSA) is 151 Å². The maximum atomic E-state index is 13.6. The number of ketones is 1. The van der Waals surface area contributed by atoms with Gasteiger partial charge in [0.2, 0.25) is 5.95 Å². The van der Waals surface area contributed by atoms with Crippen molar-refractivity contribution in [2.75, 3.05) is 19.5 Å². The van der Waals surface area contributed by atoms with Gasteiger partial charge in [0, 0.05) is 17.7 Å². The van der Waals surface area contributed by atoms with Gasteiger partial charge in [0.15, 0.2) is 5.78 Å². The van der Waals surface area contributed by atoms with Crippen LogP contribution in [-0.2, 0) is 9.53 Å². The summed E-state index contributed by atoms with van der Waals surface area (Å²) in [5, 5.41) is 25.4. The number of methoxy groups -OCH3 is 2. The molecule has 2 heterocycles. The van der Waals surface area contributed by atoms with E-state index < -0.39 is 22.7 Å². The third kappa shape index (κ3) is 3.53. The lowest BCUT2D eigenvalue weighted by molar-refractivity contribution is -0.384. The predicted octanol–water partition coefficient (Wildman–Crippen LogP) is 1.91.